The molecule has 11 heavy (non-hydrogen) atoms. The van der Waals surface area contributed by atoms with Crippen LogP contribution in [0.15, 0.2) is 4.99 Å². The third-order valence-electron chi connectivity index (χ3n) is 2.06. The van der Waals surface area contributed by atoms with Gasteiger partial charge in [0.25, 0.3) is 0 Å². The van der Waals surface area contributed by atoms with Crippen molar-refractivity contribution in [3.63, 3.8) is 0 Å². The fourth-order valence-electron chi connectivity index (χ4n) is 1.34. The van der Waals surface area contributed by atoms with Crippen LogP contribution >= 0.6 is 0 Å². The van der Waals surface area contributed by atoms with Gasteiger partial charge in [-0.15, -0.1) is 0 Å². The summed E-state index contributed by atoms with van der Waals surface area (Å²) in [4.78, 5) is 6.66. The zero-order chi connectivity index (χ0) is 7.94. The van der Waals surface area contributed by atoms with E-state index >= 15 is 0 Å². The molecule has 0 saturated heterocycles. The summed E-state index contributed by atoms with van der Waals surface area (Å²) in [6, 6.07) is 0. The minimum Gasteiger partial charge on any atom is -0.284 e. The van der Waals surface area contributed by atoms with Crippen LogP contribution < -0.4 is 0 Å². The molecule has 1 heterocycles. The lowest BCUT2D eigenvalue weighted by molar-refractivity contribution is 0.276. The smallest absolute Gasteiger partial charge is 0.0905 e. The Balaban J connectivity index is 2.02. The maximum atomic E-state index is 4.24. The first-order chi connectivity index (χ1) is 5.43. The highest BCUT2D eigenvalue weighted by molar-refractivity contribution is 5.57. The molecule has 0 radical (unpaired) electrons. The molecule has 1 rings (SSSR count). The number of hydrogen-bond acceptors (Lipinski definition) is 2. The minimum absolute atomic E-state index is 0.934. The largest absolute Gasteiger partial charge is 0.284 e. The highest BCUT2D eigenvalue weighted by Gasteiger charge is 2.04. The summed E-state index contributed by atoms with van der Waals surface area (Å²) in [5.41, 5.74) is 0. The molecule has 0 aromatic carbocycles. The van der Waals surface area contributed by atoms with Crippen LogP contribution in [-0.4, -0.2) is 30.9 Å². The Bertz CT molecular complexity index is 121. The Morgan fingerprint density at radius 1 is 1.45 bits per heavy atom. The van der Waals surface area contributed by atoms with Gasteiger partial charge in [-0.2, -0.15) is 0 Å². The van der Waals surface area contributed by atoms with Crippen molar-refractivity contribution in [3.8, 4) is 0 Å². The second-order valence-corrected chi connectivity index (χ2v) is 3.12. The van der Waals surface area contributed by atoms with Crippen LogP contribution in [0.4, 0.5) is 0 Å². The molecule has 0 unspecified atom stereocenters. The molecule has 64 valence electrons. The Kier molecular flexibility index (Phi) is 4.21. The zero-order valence-electron chi connectivity index (χ0n) is 7.42. The molecule has 0 aromatic rings. The van der Waals surface area contributed by atoms with Crippen LogP contribution in [0.5, 0.6) is 0 Å². The third kappa shape index (κ3) is 3.51. The Labute approximate surface area is 69.3 Å². The van der Waals surface area contributed by atoms with E-state index in [0.29, 0.717) is 0 Å². The van der Waals surface area contributed by atoms with Crippen LogP contribution in [0, 0.1) is 0 Å². The van der Waals surface area contributed by atoms with Crippen molar-refractivity contribution in [1.82, 2.24) is 4.90 Å². The first-order valence-corrected chi connectivity index (χ1v) is 4.64. The molecule has 0 aromatic heterocycles. The molecule has 0 saturated carbocycles. The quantitative estimate of drug-likeness (QED) is 0.565. The van der Waals surface area contributed by atoms with E-state index in [1.165, 1.54) is 32.4 Å². The van der Waals surface area contributed by atoms with Crippen molar-refractivity contribution in [2.75, 3.05) is 19.8 Å². The molecule has 0 spiro atoms. The van der Waals surface area contributed by atoms with E-state index in [-0.39, 0.29) is 0 Å². The van der Waals surface area contributed by atoms with Gasteiger partial charge in [0.15, 0.2) is 0 Å². The van der Waals surface area contributed by atoms with Crippen LogP contribution in [0.1, 0.15) is 32.6 Å². The lowest BCUT2D eigenvalue weighted by Crippen LogP contribution is -2.29. The number of nitrogens with zero attached hydrogens (tertiary/aromatic N) is 2. The van der Waals surface area contributed by atoms with Crippen molar-refractivity contribution in [2.45, 2.75) is 32.6 Å². The maximum absolute atomic E-state index is 4.24. The second kappa shape index (κ2) is 5.30. The van der Waals surface area contributed by atoms with Crippen molar-refractivity contribution in [1.29, 1.82) is 0 Å². The van der Waals surface area contributed by atoms with Gasteiger partial charge in [-0.1, -0.05) is 19.8 Å². The molecule has 0 aliphatic carbocycles. The SMILES string of the molecule is CCCCCN1CCC=NC1. The average Bonchev–Trinajstić information content (AvgIpc) is 2.07. The lowest BCUT2D eigenvalue weighted by Gasteiger charge is -2.21. The summed E-state index contributed by atoms with van der Waals surface area (Å²) in [6.45, 7) is 5.64. The predicted octanol–water partition coefficient (Wildman–Crippen LogP) is 1.91. The average molecular weight is 154 g/mol. The molecule has 1 aliphatic rings. The summed E-state index contributed by atoms with van der Waals surface area (Å²) in [5.74, 6) is 0. The predicted molar refractivity (Wildman–Crippen MR) is 49.1 cm³/mol. The van der Waals surface area contributed by atoms with Gasteiger partial charge in [-0.25, -0.2) is 0 Å². The summed E-state index contributed by atoms with van der Waals surface area (Å²) in [6.07, 6.45) is 7.20. The first-order valence-electron chi connectivity index (χ1n) is 4.64. The lowest BCUT2D eigenvalue weighted by atomic mass is 10.2. The van der Waals surface area contributed by atoms with Crippen LogP contribution in [0.2, 0.25) is 0 Å². The van der Waals surface area contributed by atoms with Gasteiger partial charge in [0.2, 0.25) is 0 Å². The van der Waals surface area contributed by atoms with E-state index in [0.717, 1.165) is 13.1 Å². The van der Waals surface area contributed by atoms with Gasteiger partial charge in [-0.05, 0) is 19.4 Å². The standard InChI is InChI=1S/C9H18N2/c1-2-3-4-7-11-8-5-6-10-9-11/h6H,2-5,7-9H2,1H3. The maximum Gasteiger partial charge on any atom is 0.0905 e. The zero-order valence-corrected chi connectivity index (χ0v) is 7.42. The summed E-state index contributed by atoms with van der Waals surface area (Å²) in [7, 11) is 0. The molecule has 0 amide bonds. The first kappa shape index (κ1) is 8.72. The van der Waals surface area contributed by atoms with Gasteiger partial charge in [0, 0.05) is 12.8 Å². The molecule has 0 atom stereocenters. The molecule has 0 bridgehead atoms. The Morgan fingerprint density at radius 2 is 2.36 bits per heavy atom. The molecule has 2 nitrogen and oxygen atoms in total. The van der Waals surface area contributed by atoms with E-state index in [2.05, 4.69) is 16.8 Å². The summed E-state index contributed by atoms with van der Waals surface area (Å²) < 4.78 is 0. The number of unbranched alkanes of at least 4 members (excludes halogenated alkanes) is 2. The molecule has 0 fully saturated rings. The monoisotopic (exact) mass is 154 g/mol. The summed E-state index contributed by atoms with van der Waals surface area (Å²) in [5, 5.41) is 0. The normalized spacial score (nSPS) is 19.0. The minimum atomic E-state index is 0.934. The van der Waals surface area contributed by atoms with E-state index < -0.39 is 0 Å². The molecular formula is C9H18N2. The number of rotatable bonds is 4. The summed E-state index contributed by atoms with van der Waals surface area (Å²) >= 11 is 0. The topological polar surface area (TPSA) is 15.6 Å². The van der Waals surface area contributed by atoms with Crippen molar-refractivity contribution in [2.24, 2.45) is 4.99 Å². The Hall–Kier alpha value is -0.370. The van der Waals surface area contributed by atoms with Gasteiger partial charge in [0.05, 0.1) is 6.67 Å². The van der Waals surface area contributed by atoms with E-state index in [1.54, 1.807) is 0 Å². The number of hydrogen-bond donors (Lipinski definition) is 0. The highest BCUT2D eigenvalue weighted by Crippen LogP contribution is 2.01. The second-order valence-electron chi connectivity index (χ2n) is 3.12. The van der Waals surface area contributed by atoms with E-state index in [4.69, 9.17) is 0 Å². The molecular weight excluding hydrogens is 136 g/mol. The molecule has 0 N–H and O–H groups in total. The van der Waals surface area contributed by atoms with Gasteiger partial charge < -0.3 is 0 Å². The Morgan fingerprint density at radius 3 is 3.00 bits per heavy atom. The van der Waals surface area contributed by atoms with Crippen LogP contribution in [0.25, 0.3) is 0 Å². The van der Waals surface area contributed by atoms with Gasteiger partial charge in [0.1, 0.15) is 0 Å². The van der Waals surface area contributed by atoms with Crippen molar-refractivity contribution >= 4 is 6.21 Å². The van der Waals surface area contributed by atoms with E-state index in [9.17, 15) is 0 Å². The number of aliphatic imine (C=N–C) groups is 1. The molecule has 2 heteroatoms. The third-order valence-corrected chi connectivity index (χ3v) is 2.06. The van der Waals surface area contributed by atoms with Crippen molar-refractivity contribution in [3.05, 3.63) is 0 Å². The molecule has 1 aliphatic heterocycles. The van der Waals surface area contributed by atoms with E-state index in [1.807, 2.05) is 6.21 Å². The van der Waals surface area contributed by atoms with Crippen molar-refractivity contribution < 1.29 is 0 Å². The van der Waals surface area contributed by atoms with Gasteiger partial charge >= 0.3 is 0 Å². The fourth-order valence-corrected chi connectivity index (χ4v) is 1.34. The van der Waals surface area contributed by atoms with Crippen LogP contribution in [-0.2, 0) is 0 Å². The van der Waals surface area contributed by atoms with Gasteiger partial charge in [-0.3, -0.25) is 9.89 Å². The fraction of sp³-hybridized carbons (Fsp3) is 0.889. The highest BCUT2D eigenvalue weighted by atomic mass is 15.2. The van der Waals surface area contributed by atoms with Crippen LogP contribution in [0.3, 0.4) is 0 Å².